The molecule has 9 nitrogen and oxygen atoms in total. The van der Waals surface area contributed by atoms with Crippen molar-refractivity contribution in [3.8, 4) is 5.75 Å². The van der Waals surface area contributed by atoms with Gasteiger partial charge in [-0.25, -0.2) is 12.7 Å². The van der Waals surface area contributed by atoms with Gasteiger partial charge in [-0.2, -0.15) is 0 Å². The lowest BCUT2D eigenvalue weighted by molar-refractivity contribution is -0.141. The lowest BCUT2D eigenvalue weighted by Gasteiger charge is -2.33. The van der Waals surface area contributed by atoms with Gasteiger partial charge < -0.3 is 15.0 Å². The van der Waals surface area contributed by atoms with Crippen LogP contribution in [0, 0.1) is 0 Å². The smallest absolute Gasteiger partial charge is 0.269 e. The number of amides is 3. The average Bonchev–Trinajstić information content (AvgIpc) is 2.99. The second-order valence-electron chi connectivity index (χ2n) is 9.35. The van der Waals surface area contributed by atoms with E-state index in [0.717, 1.165) is 5.56 Å². The second kappa shape index (κ2) is 10.1. The lowest BCUT2D eigenvalue weighted by Crippen LogP contribution is -2.55. The van der Waals surface area contributed by atoms with Crippen LogP contribution in [0.1, 0.15) is 50.0 Å². The zero-order chi connectivity index (χ0) is 26.0. The van der Waals surface area contributed by atoms with E-state index in [1.165, 1.54) is 23.1 Å². The first-order chi connectivity index (χ1) is 16.4. The summed E-state index contributed by atoms with van der Waals surface area (Å²) in [4.78, 5) is 40.7. The SMILES string of the molecule is CC[C@H](C(=O)NC(C)(C)C)N(Cc1ccc(OC)cc1)C(=O)CN1C(=O)c2ccccc2S1(=O)=O. The van der Waals surface area contributed by atoms with Gasteiger partial charge in [-0.05, 0) is 57.0 Å². The minimum atomic E-state index is -4.17. The molecule has 10 heteroatoms. The summed E-state index contributed by atoms with van der Waals surface area (Å²) in [5.74, 6) is -1.14. The first-order valence-corrected chi connectivity index (χ1v) is 12.7. The predicted octanol–water partition coefficient (Wildman–Crippen LogP) is 2.56. The van der Waals surface area contributed by atoms with Gasteiger partial charge in [0.25, 0.3) is 15.9 Å². The van der Waals surface area contributed by atoms with E-state index in [4.69, 9.17) is 4.74 Å². The third-order valence-electron chi connectivity index (χ3n) is 5.59. The van der Waals surface area contributed by atoms with Crippen molar-refractivity contribution in [2.45, 2.75) is 57.1 Å². The van der Waals surface area contributed by atoms with E-state index in [9.17, 15) is 22.8 Å². The molecule has 188 valence electrons. The Balaban J connectivity index is 1.93. The largest absolute Gasteiger partial charge is 0.497 e. The lowest BCUT2D eigenvalue weighted by atomic mass is 10.1. The number of ether oxygens (including phenoxy) is 1. The van der Waals surface area contributed by atoms with Crippen molar-refractivity contribution < 1.29 is 27.5 Å². The fraction of sp³-hybridized carbons (Fsp3) is 0.400. The van der Waals surface area contributed by atoms with Crippen LogP contribution in [0.3, 0.4) is 0 Å². The van der Waals surface area contributed by atoms with Crippen LogP contribution >= 0.6 is 0 Å². The standard InChI is InChI=1S/C25H31N3O6S/c1-6-20(23(30)26-25(2,3)4)27(15-17-11-13-18(34-5)14-12-17)22(29)16-28-24(31)19-9-7-8-10-21(19)35(28,32)33/h7-14,20H,6,15-16H2,1-5H3,(H,26,30)/t20-/m1/s1. The molecule has 0 aliphatic carbocycles. The van der Waals surface area contributed by atoms with Gasteiger partial charge in [0.2, 0.25) is 11.8 Å². The van der Waals surface area contributed by atoms with E-state index in [0.29, 0.717) is 16.5 Å². The molecule has 1 N–H and O–H groups in total. The van der Waals surface area contributed by atoms with Crippen LogP contribution < -0.4 is 10.1 Å². The Morgan fingerprint density at radius 3 is 2.26 bits per heavy atom. The molecule has 35 heavy (non-hydrogen) atoms. The van der Waals surface area contributed by atoms with E-state index in [1.54, 1.807) is 44.4 Å². The Morgan fingerprint density at radius 2 is 1.71 bits per heavy atom. The van der Waals surface area contributed by atoms with Gasteiger partial charge in [-0.3, -0.25) is 14.4 Å². The normalized spacial score (nSPS) is 15.3. The summed E-state index contributed by atoms with van der Waals surface area (Å²) in [5.41, 5.74) is 0.217. The zero-order valence-corrected chi connectivity index (χ0v) is 21.4. The van der Waals surface area contributed by atoms with Crippen LogP contribution in [0.4, 0.5) is 0 Å². The summed E-state index contributed by atoms with van der Waals surface area (Å²) in [7, 11) is -2.63. The summed E-state index contributed by atoms with van der Waals surface area (Å²) >= 11 is 0. The molecule has 3 rings (SSSR count). The van der Waals surface area contributed by atoms with Crippen LogP contribution in [0.5, 0.6) is 5.75 Å². The van der Waals surface area contributed by atoms with Crippen LogP contribution in [-0.4, -0.2) is 60.6 Å². The summed E-state index contributed by atoms with van der Waals surface area (Å²) in [5, 5.41) is 2.89. The van der Waals surface area contributed by atoms with Gasteiger partial charge in [0, 0.05) is 12.1 Å². The quantitative estimate of drug-likeness (QED) is 0.595. The number of hydrogen-bond donors (Lipinski definition) is 1. The molecule has 0 aromatic heterocycles. The van der Waals surface area contributed by atoms with Crippen LogP contribution in [-0.2, 0) is 26.2 Å². The van der Waals surface area contributed by atoms with Crippen LogP contribution in [0.25, 0.3) is 0 Å². The van der Waals surface area contributed by atoms with Crippen LogP contribution in [0.15, 0.2) is 53.4 Å². The highest BCUT2D eigenvalue weighted by molar-refractivity contribution is 7.90. The summed E-state index contributed by atoms with van der Waals surface area (Å²) in [6, 6.07) is 12.0. The van der Waals surface area contributed by atoms with Gasteiger partial charge >= 0.3 is 0 Å². The molecular weight excluding hydrogens is 470 g/mol. The third-order valence-corrected chi connectivity index (χ3v) is 7.37. The highest BCUT2D eigenvalue weighted by Gasteiger charge is 2.43. The molecule has 0 bridgehead atoms. The average molecular weight is 502 g/mol. The van der Waals surface area contributed by atoms with Crippen molar-refractivity contribution >= 4 is 27.7 Å². The Labute approximate surface area is 206 Å². The molecule has 1 atom stereocenters. The third kappa shape index (κ3) is 5.64. The number of nitrogens with one attached hydrogen (secondary N) is 1. The minimum absolute atomic E-state index is 0.0273. The first kappa shape index (κ1) is 26.2. The van der Waals surface area contributed by atoms with Gasteiger partial charge in [0.05, 0.1) is 12.7 Å². The molecule has 0 unspecified atom stereocenters. The minimum Gasteiger partial charge on any atom is -0.497 e. The molecule has 1 heterocycles. The number of nitrogens with zero attached hydrogens (tertiary/aromatic N) is 2. The number of methoxy groups -OCH3 is 1. The maximum atomic E-state index is 13.5. The number of carbonyl (C=O) groups excluding carboxylic acids is 3. The molecule has 0 fully saturated rings. The van der Waals surface area contributed by atoms with Gasteiger partial charge in [-0.15, -0.1) is 0 Å². The van der Waals surface area contributed by atoms with Gasteiger partial charge in [0.15, 0.2) is 0 Å². The van der Waals surface area contributed by atoms with Crippen LogP contribution in [0.2, 0.25) is 0 Å². The molecule has 0 saturated heterocycles. The van der Waals surface area contributed by atoms with Crippen molar-refractivity contribution in [2.75, 3.05) is 13.7 Å². The summed E-state index contributed by atoms with van der Waals surface area (Å²) < 4.78 is 31.7. The number of sulfonamides is 1. The topological polar surface area (TPSA) is 113 Å². The summed E-state index contributed by atoms with van der Waals surface area (Å²) in [6.45, 7) is 6.62. The molecule has 3 amide bonds. The second-order valence-corrected chi connectivity index (χ2v) is 11.2. The van der Waals surface area contributed by atoms with E-state index >= 15 is 0 Å². The molecule has 2 aromatic rings. The molecular formula is C25H31N3O6S. The van der Waals surface area contributed by atoms with E-state index in [1.807, 2.05) is 20.8 Å². The number of rotatable bonds is 8. The predicted molar refractivity (Wildman–Crippen MR) is 130 cm³/mol. The molecule has 1 aliphatic rings. The van der Waals surface area contributed by atoms with Gasteiger partial charge in [0.1, 0.15) is 23.2 Å². The fourth-order valence-electron chi connectivity index (χ4n) is 3.90. The maximum absolute atomic E-state index is 13.5. The fourth-order valence-corrected chi connectivity index (χ4v) is 5.42. The zero-order valence-electron chi connectivity index (χ0n) is 20.6. The summed E-state index contributed by atoms with van der Waals surface area (Å²) in [6.07, 6.45) is 0.296. The Kier molecular flexibility index (Phi) is 7.54. The molecule has 0 spiro atoms. The number of carbonyl (C=O) groups is 3. The van der Waals surface area contributed by atoms with Crippen molar-refractivity contribution in [3.05, 3.63) is 59.7 Å². The van der Waals surface area contributed by atoms with E-state index in [-0.39, 0.29) is 22.9 Å². The van der Waals surface area contributed by atoms with Crippen molar-refractivity contribution in [1.82, 2.24) is 14.5 Å². The van der Waals surface area contributed by atoms with Gasteiger partial charge in [-0.1, -0.05) is 31.2 Å². The number of fused-ring (bicyclic) bond motifs is 1. The molecule has 1 aliphatic heterocycles. The van der Waals surface area contributed by atoms with E-state index < -0.39 is 40.0 Å². The maximum Gasteiger partial charge on any atom is 0.269 e. The molecule has 0 saturated carbocycles. The van der Waals surface area contributed by atoms with Crippen molar-refractivity contribution in [3.63, 3.8) is 0 Å². The van der Waals surface area contributed by atoms with Crippen molar-refractivity contribution in [2.24, 2.45) is 0 Å². The Morgan fingerprint density at radius 1 is 1.09 bits per heavy atom. The molecule has 2 aromatic carbocycles. The Hall–Kier alpha value is -3.40. The number of hydrogen-bond acceptors (Lipinski definition) is 6. The molecule has 0 radical (unpaired) electrons. The highest BCUT2D eigenvalue weighted by Crippen LogP contribution is 2.30. The first-order valence-electron chi connectivity index (χ1n) is 11.3. The van der Waals surface area contributed by atoms with E-state index in [2.05, 4.69) is 5.32 Å². The van der Waals surface area contributed by atoms with Crippen molar-refractivity contribution in [1.29, 1.82) is 0 Å². The Bertz CT molecular complexity index is 1220. The number of benzene rings is 2. The highest BCUT2D eigenvalue weighted by atomic mass is 32.2. The monoisotopic (exact) mass is 501 g/mol.